The molecule has 4 N–H and O–H groups in total. The third kappa shape index (κ3) is 2.65. The van der Waals surface area contributed by atoms with Gasteiger partial charge in [0.05, 0.1) is 5.69 Å². The Balaban J connectivity index is 2.79. The Hall–Kier alpha value is -1.19. The van der Waals surface area contributed by atoms with Crippen molar-refractivity contribution in [1.29, 1.82) is 0 Å². The first-order valence-electron chi connectivity index (χ1n) is 3.85. The van der Waals surface area contributed by atoms with Gasteiger partial charge in [0.1, 0.15) is 0 Å². The first-order valence-corrected chi connectivity index (χ1v) is 4.38. The zero-order valence-corrected chi connectivity index (χ0v) is 7.91. The van der Waals surface area contributed by atoms with Gasteiger partial charge in [-0.25, -0.2) is 5.84 Å². The molecule has 0 spiro atoms. The van der Waals surface area contributed by atoms with Gasteiger partial charge in [0.15, 0.2) is 0 Å². The van der Waals surface area contributed by atoms with Crippen molar-refractivity contribution < 1.29 is 0 Å². The molecule has 1 aromatic carbocycles. The van der Waals surface area contributed by atoms with Gasteiger partial charge in [-0.05, 0) is 17.7 Å². The Morgan fingerprint density at radius 1 is 1.31 bits per heavy atom. The molecule has 4 heteroatoms. The standard InChI is InChI=1S/C9H12ClN3/c10-7-8-1-3-9(4-2-8)13(12)6-5-11/h1-6H,7,11-12H2/b6-5-. The summed E-state index contributed by atoms with van der Waals surface area (Å²) in [5.41, 5.74) is 7.14. The van der Waals surface area contributed by atoms with Crippen molar-refractivity contribution in [2.45, 2.75) is 5.88 Å². The maximum atomic E-state index is 5.64. The van der Waals surface area contributed by atoms with E-state index in [0.717, 1.165) is 11.3 Å². The second kappa shape index (κ2) is 4.74. The number of hydrogen-bond acceptors (Lipinski definition) is 3. The molecule has 0 heterocycles. The average molecular weight is 198 g/mol. The smallest absolute Gasteiger partial charge is 0.0569 e. The molecule has 3 nitrogen and oxygen atoms in total. The van der Waals surface area contributed by atoms with E-state index in [4.69, 9.17) is 23.2 Å². The second-order valence-corrected chi connectivity index (χ2v) is 2.82. The van der Waals surface area contributed by atoms with Crippen LogP contribution in [0, 0.1) is 0 Å². The third-order valence-electron chi connectivity index (χ3n) is 1.64. The lowest BCUT2D eigenvalue weighted by atomic mass is 10.2. The summed E-state index contributed by atoms with van der Waals surface area (Å²) in [4.78, 5) is 0. The van der Waals surface area contributed by atoms with Crippen LogP contribution in [-0.2, 0) is 5.88 Å². The number of anilines is 1. The van der Waals surface area contributed by atoms with Crippen molar-refractivity contribution in [1.82, 2.24) is 0 Å². The summed E-state index contributed by atoms with van der Waals surface area (Å²) in [7, 11) is 0. The van der Waals surface area contributed by atoms with E-state index in [2.05, 4.69) is 0 Å². The highest BCUT2D eigenvalue weighted by atomic mass is 35.5. The SMILES string of the molecule is N/C=C\N(N)c1ccc(CCl)cc1. The maximum absolute atomic E-state index is 5.64. The van der Waals surface area contributed by atoms with E-state index >= 15 is 0 Å². The van der Waals surface area contributed by atoms with Crippen LogP contribution in [0.25, 0.3) is 0 Å². The first-order chi connectivity index (χ1) is 6.27. The van der Waals surface area contributed by atoms with Crippen LogP contribution in [0.15, 0.2) is 36.7 Å². The van der Waals surface area contributed by atoms with E-state index in [1.165, 1.54) is 11.2 Å². The number of alkyl halides is 1. The number of halogens is 1. The summed E-state index contributed by atoms with van der Waals surface area (Å²) in [5.74, 6) is 6.14. The molecular weight excluding hydrogens is 186 g/mol. The molecule has 1 aromatic rings. The number of rotatable bonds is 3. The predicted octanol–water partition coefficient (Wildman–Crippen LogP) is 1.54. The summed E-state index contributed by atoms with van der Waals surface area (Å²) >= 11 is 5.64. The third-order valence-corrected chi connectivity index (χ3v) is 1.94. The molecule has 0 atom stereocenters. The van der Waals surface area contributed by atoms with E-state index < -0.39 is 0 Å². The van der Waals surface area contributed by atoms with Gasteiger partial charge in [0.2, 0.25) is 0 Å². The van der Waals surface area contributed by atoms with Crippen LogP contribution < -0.4 is 16.6 Å². The van der Waals surface area contributed by atoms with Gasteiger partial charge in [-0.3, -0.25) is 5.01 Å². The Bertz CT molecular complexity index is 281. The van der Waals surface area contributed by atoms with E-state index in [0.29, 0.717) is 5.88 Å². The summed E-state index contributed by atoms with van der Waals surface area (Å²) in [6, 6.07) is 7.62. The molecule has 0 amide bonds. The molecule has 0 saturated carbocycles. The van der Waals surface area contributed by atoms with E-state index in [1.807, 2.05) is 24.3 Å². The van der Waals surface area contributed by atoms with Crippen LogP contribution in [-0.4, -0.2) is 0 Å². The van der Waals surface area contributed by atoms with Crippen LogP contribution in [0.4, 0.5) is 5.69 Å². The number of hydrogen-bond donors (Lipinski definition) is 2. The van der Waals surface area contributed by atoms with Gasteiger partial charge in [-0.15, -0.1) is 11.6 Å². The lowest BCUT2D eigenvalue weighted by Gasteiger charge is -2.12. The molecule has 0 aliphatic heterocycles. The van der Waals surface area contributed by atoms with Crippen LogP contribution in [0.3, 0.4) is 0 Å². The van der Waals surface area contributed by atoms with E-state index in [-0.39, 0.29) is 0 Å². The fourth-order valence-corrected chi connectivity index (χ4v) is 1.11. The van der Waals surface area contributed by atoms with Crippen molar-refractivity contribution in [3.05, 3.63) is 42.2 Å². The Morgan fingerprint density at radius 2 is 1.92 bits per heavy atom. The van der Waals surface area contributed by atoms with Crippen molar-refractivity contribution in [3.63, 3.8) is 0 Å². The minimum atomic E-state index is 0.511. The highest BCUT2D eigenvalue weighted by molar-refractivity contribution is 6.17. The van der Waals surface area contributed by atoms with Crippen LogP contribution in [0.5, 0.6) is 0 Å². The molecule has 0 radical (unpaired) electrons. The fraction of sp³-hybridized carbons (Fsp3) is 0.111. The van der Waals surface area contributed by atoms with Crippen molar-refractivity contribution in [2.75, 3.05) is 5.01 Å². The normalized spacial score (nSPS) is 10.6. The molecule has 0 saturated heterocycles. The van der Waals surface area contributed by atoms with Gasteiger partial charge < -0.3 is 5.73 Å². The van der Waals surface area contributed by atoms with Gasteiger partial charge in [0.25, 0.3) is 0 Å². The van der Waals surface area contributed by atoms with Gasteiger partial charge >= 0.3 is 0 Å². The topological polar surface area (TPSA) is 55.3 Å². The van der Waals surface area contributed by atoms with Crippen LogP contribution in [0.2, 0.25) is 0 Å². The summed E-state index contributed by atoms with van der Waals surface area (Å²) in [5, 5.41) is 1.44. The van der Waals surface area contributed by atoms with Gasteiger partial charge in [-0.2, -0.15) is 0 Å². The van der Waals surface area contributed by atoms with Crippen LogP contribution in [0.1, 0.15) is 5.56 Å². The minimum Gasteiger partial charge on any atom is -0.403 e. The molecule has 0 fully saturated rings. The summed E-state index contributed by atoms with van der Waals surface area (Å²) in [6.45, 7) is 0. The van der Waals surface area contributed by atoms with E-state index in [9.17, 15) is 0 Å². The Labute approximate surface area is 82.5 Å². The molecule has 70 valence electrons. The average Bonchev–Trinajstić information content (AvgIpc) is 2.18. The van der Waals surface area contributed by atoms with Crippen molar-refractivity contribution >= 4 is 17.3 Å². The zero-order chi connectivity index (χ0) is 9.68. The first kappa shape index (κ1) is 9.89. The number of benzene rings is 1. The molecule has 1 rings (SSSR count). The van der Waals surface area contributed by atoms with Crippen molar-refractivity contribution in [3.8, 4) is 0 Å². The van der Waals surface area contributed by atoms with Crippen molar-refractivity contribution in [2.24, 2.45) is 11.6 Å². The molecule has 0 aliphatic carbocycles. The fourth-order valence-electron chi connectivity index (χ4n) is 0.936. The highest BCUT2D eigenvalue weighted by Crippen LogP contribution is 2.13. The van der Waals surface area contributed by atoms with Gasteiger partial charge in [-0.1, -0.05) is 12.1 Å². The minimum absolute atomic E-state index is 0.511. The van der Waals surface area contributed by atoms with Crippen LogP contribution >= 0.6 is 11.6 Å². The number of hydrazine groups is 1. The number of nitrogens with two attached hydrogens (primary N) is 2. The summed E-state index contributed by atoms with van der Waals surface area (Å²) < 4.78 is 0. The molecule has 0 bridgehead atoms. The monoisotopic (exact) mass is 197 g/mol. The quantitative estimate of drug-likeness (QED) is 0.439. The second-order valence-electron chi connectivity index (χ2n) is 2.55. The van der Waals surface area contributed by atoms with Gasteiger partial charge in [0, 0.05) is 18.3 Å². The predicted molar refractivity (Wildman–Crippen MR) is 56.0 cm³/mol. The Morgan fingerprint density at radius 3 is 2.38 bits per heavy atom. The highest BCUT2D eigenvalue weighted by Gasteiger charge is 1.96. The maximum Gasteiger partial charge on any atom is 0.0569 e. The lowest BCUT2D eigenvalue weighted by molar-refractivity contribution is 1.07. The number of nitrogens with zero attached hydrogens (tertiary/aromatic N) is 1. The lowest BCUT2D eigenvalue weighted by Crippen LogP contribution is -2.24. The molecular formula is C9H12ClN3. The zero-order valence-electron chi connectivity index (χ0n) is 7.15. The molecule has 0 aromatic heterocycles. The largest absolute Gasteiger partial charge is 0.403 e. The summed E-state index contributed by atoms with van der Waals surface area (Å²) in [6.07, 6.45) is 2.96. The molecule has 0 aliphatic rings. The molecule has 13 heavy (non-hydrogen) atoms. The molecule has 0 unspecified atom stereocenters. The van der Waals surface area contributed by atoms with E-state index in [1.54, 1.807) is 6.20 Å². The Kier molecular flexibility index (Phi) is 3.61.